The molecule has 1 saturated heterocycles. The maximum Gasteiger partial charge on any atom is 0.0895 e. The lowest BCUT2D eigenvalue weighted by molar-refractivity contribution is -0.151. The fourth-order valence-corrected chi connectivity index (χ4v) is 2.75. The number of hydrogen-bond donors (Lipinski definition) is 1. The quantitative estimate of drug-likeness (QED) is 0.807. The predicted molar refractivity (Wildman–Crippen MR) is 71.1 cm³/mol. The Morgan fingerprint density at radius 1 is 1.24 bits per heavy atom. The van der Waals surface area contributed by atoms with Crippen LogP contribution in [0.5, 0.6) is 0 Å². The first-order valence-electron chi connectivity index (χ1n) is 6.78. The summed E-state index contributed by atoms with van der Waals surface area (Å²) in [4.78, 5) is 0. The van der Waals surface area contributed by atoms with E-state index in [-0.39, 0.29) is 22.9 Å². The Hall–Kier alpha value is -0.120. The smallest absolute Gasteiger partial charge is 0.0895 e. The molecular weight excluding hydrogens is 214 g/mol. The molecule has 0 radical (unpaired) electrons. The standard InChI is InChI=1S/C14H29NO2/c1-7-14(8-2,10-15)16-11-9-12(3,4)17-13(11,5)6/h11H,7-10,15H2,1-6H3. The van der Waals surface area contributed by atoms with E-state index in [0.29, 0.717) is 6.54 Å². The van der Waals surface area contributed by atoms with Crippen molar-refractivity contribution in [2.45, 2.75) is 83.7 Å². The number of rotatable bonds is 5. The van der Waals surface area contributed by atoms with Crippen molar-refractivity contribution in [1.29, 1.82) is 0 Å². The summed E-state index contributed by atoms with van der Waals surface area (Å²) in [6, 6.07) is 0. The second-order valence-electron chi connectivity index (χ2n) is 6.37. The summed E-state index contributed by atoms with van der Waals surface area (Å²) in [7, 11) is 0. The molecule has 0 spiro atoms. The van der Waals surface area contributed by atoms with Crippen LogP contribution in [0.15, 0.2) is 0 Å². The predicted octanol–water partition coefficient (Wildman–Crippen LogP) is 2.87. The molecule has 0 aromatic heterocycles. The van der Waals surface area contributed by atoms with Gasteiger partial charge in [0.05, 0.1) is 22.9 Å². The molecule has 1 aliphatic rings. The molecule has 0 saturated carbocycles. The van der Waals surface area contributed by atoms with Gasteiger partial charge in [0.15, 0.2) is 0 Å². The number of nitrogens with two attached hydrogens (primary N) is 1. The molecule has 1 rings (SSSR count). The Bertz CT molecular complexity index is 249. The fraction of sp³-hybridized carbons (Fsp3) is 1.00. The van der Waals surface area contributed by atoms with Crippen LogP contribution in [0.3, 0.4) is 0 Å². The van der Waals surface area contributed by atoms with Crippen molar-refractivity contribution in [2.24, 2.45) is 5.73 Å². The SMILES string of the molecule is CCC(CC)(CN)OC1CC(C)(C)OC1(C)C. The second-order valence-corrected chi connectivity index (χ2v) is 6.37. The number of hydrogen-bond acceptors (Lipinski definition) is 3. The molecular formula is C14H29NO2. The average molecular weight is 243 g/mol. The average Bonchev–Trinajstić information content (AvgIpc) is 2.43. The molecule has 2 N–H and O–H groups in total. The Balaban J connectivity index is 2.80. The third-order valence-electron chi connectivity index (χ3n) is 4.04. The maximum atomic E-state index is 6.35. The molecule has 17 heavy (non-hydrogen) atoms. The second kappa shape index (κ2) is 4.87. The fourth-order valence-electron chi connectivity index (χ4n) is 2.75. The van der Waals surface area contributed by atoms with Crippen molar-refractivity contribution >= 4 is 0 Å². The van der Waals surface area contributed by atoms with Gasteiger partial charge in [-0.1, -0.05) is 13.8 Å². The maximum absolute atomic E-state index is 6.35. The highest BCUT2D eigenvalue weighted by Crippen LogP contribution is 2.41. The van der Waals surface area contributed by atoms with Gasteiger partial charge in [0, 0.05) is 13.0 Å². The molecule has 0 aromatic rings. The van der Waals surface area contributed by atoms with Crippen molar-refractivity contribution in [1.82, 2.24) is 0 Å². The molecule has 1 unspecified atom stereocenters. The van der Waals surface area contributed by atoms with E-state index in [4.69, 9.17) is 15.2 Å². The van der Waals surface area contributed by atoms with Crippen LogP contribution in [-0.2, 0) is 9.47 Å². The van der Waals surface area contributed by atoms with Crippen LogP contribution in [0.2, 0.25) is 0 Å². The van der Waals surface area contributed by atoms with E-state index < -0.39 is 0 Å². The van der Waals surface area contributed by atoms with Crippen molar-refractivity contribution in [3.8, 4) is 0 Å². The van der Waals surface area contributed by atoms with Gasteiger partial charge >= 0.3 is 0 Å². The van der Waals surface area contributed by atoms with Crippen LogP contribution in [0.25, 0.3) is 0 Å². The Kier molecular flexibility index (Phi) is 4.28. The van der Waals surface area contributed by atoms with E-state index in [0.717, 1.165) is 19.3 Å². The molecule has 3 heteroatoms. The Morgan fingerprint density at radius 3 is 2.06 bits per heavy atom. The van der Waals surface area contributed by atoms with Gasteiger partial charge in [0.2, 0.25) is 0 Å². The normalized spacial score (nSPS) is 27.4. The first-order valence-corrected chi connectivity index (χ1v) is 6.78. The van der Waals surface area contributed by atoms with E-state index in [1.807, 2.05) is 0 Å². The summed E-state index contributed by atoms with van der Waals surface area (Å²) in [5.74, 6) is 0. The van der Waals surface area contributed by atoms with Gasteiger partial charge in [0.25, 0.3) is 0 Å². The molecule has 0 aliphatic carbocycles. The minimum atomic E-state index is -0.228. The lowest BCUT2D eigenvalue weighted by Gasteiger charge is -2.37. The zero-order valence-corrected chi connectivity index (χ0v) is 12.3. The molecule has 1 heterocycles. The van der Waals surface area contributed by atoms with E-state index in [2.05, 4.69) is 41.5 Å². The molecule has 3 nitrogen and oxygen atoms in total. The van der Waals surface area contributed by atoms with E-state index >= 15 is 0 Å². The largest absolute Gasteiger partial charge is 0.367 e. The summed E-state index contributed by atoms with van der Waals surface area (Å²) < 4.78 is 12.4. The zero-order valence-electron chi connectivity index (χ0n) is 12.3. The van der Waals surface area contributed by atoms with Crippen LogP contribution >= 0.6 is 0 Å². The van der Waals surface area contributed by atoms with Gasteiger partial charge in [-0.05, 0) is 40.5 Å². The molecule has 1 atom stereocenters. The van der Waals surface area contributed by atoms with E-state index in [1.165, 1.54) is 0 Å². The molecule has 0 bridgehead atoms. The van der Waals surface area contributed by atoms with Crippen LogP contribution in [-0.4, -0.2) is 29.5 Å². The summed E-state index contributed by atoms with van der Waals surface area (Å²) in [6.45, 7) is 13.3. The van der Waals surface area contributed by atoms with Gasteiger partial charge in [-0.25, -0.2) is 0 Å². The summed E-state index contributed by atoms with van der Waals surface area (Å²) in [5, 5.41) is 0. The third kappa shape index (κ3) is 3.21. The van der Waals surface area contributed by atoms with Gasteiger partial charge in [-0.3, -0.25) is 0 Å². The van der Waals surface area contributed by atoms with Crippen LogP contribution < -0.4 is 5.73 Å². The van der Waals surface area contributed by atoms with Crippen molar-refractivity contribution in [3.05, 3.63) is 0 Å². The first kappa shape index (κ1) is 14.9. The van der Waals surface area contributed by atoms with Crippen molar-refractivity contribution in [3.63, 3.8) is 0 Å². The minimum absolute atomic E-state index is 0.101. The Labute approximate surface area is 106 Å². The summed E-state index contributed by atoms with van der Waals surface area (Å²) in [6.07, 6.45) is 2.96. The molecule has 1 fully saturated rings. The topological polar surface area (TPSA) is 44.5 Å². The van der Waals surface area contributed by atoms with Gasteiger partial charge < -0.3 is 15.2 Å². The molecule has 0 amide bonds. The highest BCUT2D eigenvalue weighted by molar-refractivity contribution is 4.97. The first-order chi connectivity index (χ1) is 7.70. The van der Waals surface area contributed by atoms with Gasteiger partial charge in [-0.2, -0.15) is 0 Å². The van der Waals surface area contributed by atoms with Crippen molar-refractivity contribution in [2.75, 3.05) is 6.54 Å². The third-order valence-corrected chi connectivity index (χ3v) is 4.04. The summed E-state index contributed by atoms with van der Waals surface area (Å²) in [5.41, 5.74) is 5.38. The minimum Gasteiger partial charge on any atom is -0.367 e. The highest BCUT2D eigenvalue weighted by atomic mass is 16.6. The highest BCUT2D eigenvalue weighted by Gasteiger charge is 2.49. The van der Waals surface area contributed by atoms with Gasteiger partial charge in [-0.15, -0.1) is 0 Å². The Morgan fingerprint density at radius 2 is 1.76 bits per heavy atom. The lowest BCUT2D eigenvalue weighted by Crippen LogP contribution is -2.47. The lowest BCUT2D eigenvalue weighted by atomic mass is 9.92. The summed E-state index contributed by atoms with van der Waals surface area (Å²) >= 11 is 0. The van der Waals surface area contributed by atoms with Crippen LogP contribution in [0.1, 0.15) is 60.8 Å². The van der Waals surface area contributed by atoms with Crippen LogP contribution in [0, 0.1) is 0 Å². The van der Waals surface area contributed by atoms with E-state index in [1.54, 1.807) is 0 Å². The molecule has 1 aliphatic heterocycles. The van der Waals surface area contributed by atoms with Gasteiger partial charge in [0.1, 0.15) is 0 Å². The monoisotopic (exact) mass is 243 g/mol. The van der Waals surface area contributed by atoms with Crippen molar-refractivity contribution < 1.29 is 9.47 Å². The molecule has 0 aromatic carbocycles. The van der Waals surface area contributed by atoms with E-state index in [9.17, 15) is 0 Å². The van der Waals surface area contributed by atoms with Crippen LogP contribution in [0.4, 0.5) is 0 Å². The molecule has 102 valence electrons. The number of ether oxygens (including phenoxy) is 2. The zero-order chi connectivity index (χ0) is 13.3.